The van der Waals surface area contributed by atoms with E-state index in [9.17, 15) is 13.2 Å². The van der Waals surface area contributed by atoms with Crippen LogP contribution in [0.4, 0.5) is 5.13 Å². The normalized spacial score (nSPS) is 11.6. The smallest absolute Gasteiger partial charge is 0.257 e. The van der Waals surface area contributed by atoms with Crippen molar-refractivity contribution >= 4 is 42.6 Å². The molecule has 0 radical (unpaired) electrons. The van der Waals surface area contributed by atoms with Crippen molar-refractivity contribution in [3.05, 3.63) is 77.6 Å². The molecule has 0 saturated carbocycles. The Bertz CT molecular complexity index is 1440. The molecule has 0 unspecified atom stereocenters. The van der Waals surface area contributed by atoms with Crippen LogP contribution in [0.3, 0.4) is 0 Å². The van der Waals surface area contributed by atoms with Crippen molar-refractivity contribution in [3.63, 3.8) is 0 Å². The summed E-state index contributed by atoms with van der Waals surface area (Å²) in [7, 11) is -1.01. The minimum atomic E-state index is -3.91. The molecule has 2 heterocycles. The number of hydrogen-bond acceptors (Lipinski definition) is 7. The Kier molecular flexibility index (Phi) is 6.92. The average molecular weight is 497 g/mol. The number of likely N-dealkylation sites (N-methyl/N-ethyl adjacent to an activating group) is 1. The fourth-order valence-corrected chi connectivity index (χ4v) is 5.70. The molecule has 8 nitrogen and oxygen atoms in total. The quantitative estimate of drug-likeness (QED) is 0.394. The van der Waals surface area contributed by atoms with Gasteiger partial charge in [-0.2, -0.15) is 0 Å². The topological polar surface area (TPSA) is 101 Å². The molecular formula is C24H24N4O4S2. The van der Waals surface area contributed by atoms with E-state index in [4.69, 9.17) is 4.74 Å². The molecule has 0 fully saturated rings. The number of nitrogens with zero attached hydrogens (tertiary/aromatic N) is 3. The number of rotatable bonds is 8. The first kappa shape index (κ1) is 23.8. The Balaban J connectivity index is 1.56. The molecular weight excluding hydrogens is 472 g/mol. The van der Waals surface area contributed by atoms with Crippen molar-refractivity contribution in [3.8, 4) is 5.75 Å². The highest BCUT2D eigenvalue weighted by Gasteiger charge is 2.26. The predicted octanol–water partition coefficient (Wildman–Crippen LogP) is 4.12. The lowest BCUT2D eigenvalue weighted by Gasteiger charge is -2.19. The maximum atomic E-state index is 13.3. The minimum Gasteiger partial charge on any atom is -0.495 e. The number of pyridine rings is 1. The Hall–Kier alpha value is -3.34. The third-order valence-electron chi connectivity index (χ3n) is 5.32. The first-order valence-electron chi connectivity index (χ1n) is 10.5. The molecule has 4 rings (SSSR count). The van der Waals surface area contributed by atoms with E-state index in [1.165, 1.54) is 48.0 Å². The lowest BCUT2D eigenvalue weighted by atomic mass is 10.2. The molecule has 0 atom stereocenters. The van der Waals surface area contributed by atoms with E-state index in [0.717, 1.165) is 21.3 Å². The van der Waals surface area contributed by atoms with Crippen LogP contribution in [0.5, 0.6) is 5.75 Å². The van der Waals surface area contributed by atoms with E-state index in [0.29, 0.717) is 11.6 Å². The monoisotopic (exact) mass is 496 g/mol. The van der Waals surface area contributed by atoms with Crippen molar-refractivity contribution in [1.82, 2.24) is 14.3 Å². The highest BCUT2D eigenvalue weighted by Crippen LogP contribution is 2.30. The number of carbonyl (C=O) groups excluding carboxylic acids is 1. The third kappa shape index (κ3) is 5.09. The highest BCUT2D eigenvalue weighted by molar-refractivity contribution is 7.89. The van der Waals surface area contributed by atoms with Crippen molar-refractivity contribution in [2.75, 3.05) is 26.0 Å². The number of carbonyl (C=O) groups is 1. The molecule has 0 bridgehead atoms. The summed E-state index contributed by atoms with van der Waals surface area (Å²) >= 11 is 1.36. The highest BCUT2D eigenvalue weighted by atomic mass is 32.2. The first-order valence-corrected chi connectivity index (χ1v) is 12.8. The summed E-state index contributed by atoms with van der Waals surface area (Å²) < 4.78 is 34.1. The molecule has 0 saturated heterocycles. The van der Waals surface area contributed by atoms with E-state index < -0.39 is 15.9 Å². The van der Waals surface area contributed by atoms with Gasteiger partial charge in [-0.1, -0.05) is 23.5 Å². The summed E-state index contributed by atoms with van der Waals surface area (Å²) in [6.45, 7) is 2.24. The van der Waals surface area contributed by atoms with E-state index in [2.05, 4.69) is 15.3 Å². The van der Waals surface area contributed by atoms with Gasteiger partial charge in [0.15, 0.2) is 5.13 Å². The Labute approximate surface area is 202 Å². The summed E-state index contributed by atoms with van der Waals surface area (Å²) in [6, 6.07) is 13.9. The number of amides is 1. The molecule has 1 N–H and O–H groups in total. The Morgan fingerprint density at radius 3 is 2.74 bits per heavy atom. The lowest BCUT2D eigenvalue weighted by molar-refractivity contribution is 0.102. The number of anilines is 1. The zero-order valence-corrected chi connectivity index (χ0v) is 20.6. The zero-order chi connectivity index (χ0) is 24.3. The number of hydrogen-bond donors (Lipinski definition) is 1. The molecule has 1 amide bonds. The van der Waals surface area contributed by atoms with Crippen LogP contribution in [0, 0.1) is 6.92 Å². The van der Waals surface area contributed by atoms with E-state index in [1.807, 2.05) is 37.3 Å². The summed E-state index contributed by atoms with van der Waals surface area (Å²) in [5.41, 5.74) is 3.01. The number of ether oxygens (including phenoxy) is 1. The van der Waals surface area contributed by atoms with Gasteiger partial charge in [0.25, 0.3) is 5.91 Å². The number of sulfonamides is 1. The van der Waals surface area contributed by atoms with Crippen LogP contribution in [0.15, 0.2) is 65.8 Å². The van der Waals surface area contributed by atoms with Gasteiger partial charge in [0.2, 0.25) is 10.0 Å². The second-order valence-electron chi connectivity index (χ2n) is 7.75. The second kappa shape index (κ2) is 9.88. The van der Waals surface area contributed by atoms with Gasteiger partial charge < -0.3 is 4.74 Å². The van der Waals surface area contributed by atoms with Crippen LogP contribution < -0.4 is 10.1 Å². The van der Waals surface area contributed by atoms with Crippen LogP contribution in [-0.4, -0.2) is 49.3 Å². The molecule has 10 heteroatoms. The van der Waals surface area contributed by atoms with Crippen LogP contribution in [0.25, 0.3) is 10.2 Å². The molecule has 4 aromatic rings. The maximum absolute atomic E-state index is 13.3. The fourth-order valence-electron chi connectivity index (χ4n) is 3.39. The molecule has 0 aliphatic carbocycles. The summed E-state index contributed by atoms with van der Waals surface area (Å²) in [5, 5.41) is 3.22. The number of benzene rings is 2. The number of methoxy groups -OCH3 is 1. The number of aryl methyl sites for hydroxylation is 1. The molecule has 0 aliphatic heterocycles. The van der Waals surface area contributed by atoms with E-state index >= 15 is 0 Å². The third-order valence-corrected chi connectivity index (χ3v) is 8.13. The number of nitrogens with one attached hydrogen (secondary N) is 1. The average Bonchev–Trinajstić information content (AvgIpc) is 3.23. The van der Waals surface area contributed by atoms with E-state index in [1.54, 1.807) is 12.4 Å². The summed E-state index contributed by atoms with van der Waals surface area (Å²) in [6.07, 6.45) is 3.87. The van der Waals surface area contributed by atoms with Crippen molar-refractivity contribution in [2.45, 2.75) is 18.2 Å². The largest absolute Gasteiger partial charge is 0.495 e. The summed E-state index contributed by atoms with van der Waals surface area (Å²) in [4.78, 5) is 21.3. The standard InChI is InChI=1S/C24H24N4O4S2/c1-16-6-8-19-21(13-16)33-24(26-19)27-23(29)18-7-9-20(32-3)22(14-18)34(30,31)28(2)12-10-17-5-4-11-25-15-17/h4-9,11,13-15H,10,12H2,1-3H3,(H,26,27,29). The van der Waals surface area contributed by atoms with Crippen LogP contribution >= 0.6 is 11.3 Å². The van der Waals surface area contributed by atoms with Gasteiger partial charge in [0.05, 0.1) is 17.3 Å². The van der Waals surface area contributed by atoms with E-state index in [-0.39, 0.29) is 22.8 Å². The van der Waals surface area contributed by atoms with Crippen LogP contribution in [0.1, 0.15) is 21.5 Å². The van der Waals surface area contributed by atoms with Crippen molar-refractivity contribution in [1.29, 1.82) is 0 Å². The van der Waals surface area contributed by atoms with Gasteiger partial charge in [-0.3, -0.25) is 15.1 Å². The SMILES string of the molecule is COc1ccc(C(=O)Nc2nc3ccc(C)cc3s2)cc1S(=O)(=O)N(C)CCc1cccnc1. The molecule has 176 valence electrons. The summed E-state index contributed by atoms with van der Waals surface area (Å²) in [5.74, 6) is -0.284. The number of aromatic nitrogens is 2. The van der Waals surface area contributed by atoms with Gasteiger partial charge in [-0.25, -0.2) is 17.7 Å². The molecule has 2 aromatic heterocycles. The molecule has 34 heavy (non-hydrogen) atoms. The van der Waals surface area contributed by atoms with Crippen molar-refractivity contribution < 1.29 is 17.9 Å². The molecule has 2 aromatic carbocycles. The Morgan fingerprint density at radius 1 is 1.18 bits per heavy atom. The van der Waals surface area contributed by atoms with Crippen LogP contribution in [0.2, 0.25) is 0 Å². The molecule has 0 aliphatic rings. The fraction of sp³-hybridized carbons (Fsp3) is 0.208. The van der Waals surface area contributed by atoms with Gasteiger partial charge in [0.1, 0.15) is 10.6 Å². The Morgan fingerprint density at radius 2 is 2.00 bits per heavy atom. The van der Waals surface area contributed by atoms with Crippen LogP contribution in [-0.2, 0) is 16.4 Å². The van der Waals surface area contributed by atoms with Gasteiger partial charge >= 0.3 is 0 Å². The minimum absolute atomic E-state index is 0.0729. The lowest BCUT2D eigenvalue weighted by Crippen LogP contribution is -2.29. The van der Waals surface area contributed by atoms with Gasteiger partial charge in [-0.05, 0) is 60.9 Å². The molecule has 0 spiro atoms. The second-order valence-corrected chi connectivity index (χ2v) is 10.8. The van der Waals surface area contributed by atoms with Gasteiger partial charge in [-0.15, -0.1) is 0 Å². The van der Waals surface area contributed by atoms with Crippen molar-refractivity contribution in [2.24, 2.45) is 0 Å². The predicted molar refractivity (Wildman–Crippen MR) is 133 cm³/mol. The first-order chi connectivity index (χ1) is 16.3. The maximum Gasteiger partial charge on any atom is 0.257 e. The number of fused-ring (bicyclic) bond motifs is 1. The zero-order valence-electron chi connectivity index (χ0n) is 19.0. The number of thiazole rings is 1. The van der Waals surface area contributed by atoms with Gasteiger partial charge in [0, 0.05) is 31.5 Å².